The molecule has 113 valence electrons. The van der Waals surface area contributed by atoms with Crippen LogP contribution in [0.1, 0.15) is 60.3 Å². The third-order valence-electron chi connectivity index (χ3n) is 4.96. The molecule has 2 nitrogen and oxygen atoms in total. The van der Waals surface area contributed by atoms with Crippen molar-refractivity contribution in [2.75, 3.05) is 0 Å². The molecular formula is C21H19N2. The molecule has 0 amide bonds. The topological polar surface area (TPSA) is 47.6 Å². The van der Waals surface area contributed by atoms with E-state index in [2.05, 4.69) is 37.3 Å². The van der Waals surface area contributed by atoms with Gasteiger partial charge in [0.05, 0.1) is 23.3 Å². The lowest BCUT2D eigenvalue weighted by molar-refractivity contribution is 0.685. The van der Waals surface area contributed by atoms with Crippen LogP contribution in [-0.2, 0) is 0 Å². The Morgan fingerprint density at radius 2 is 1.74 bits per heavy atom. The Hall–Kier alpha value is -2.58. The zero-order chi connectivity index (χ0) is 16.2. The van der Waals surface area contributed by atoms with Crippen molar-refractivity contribution in [1.82, 2.24) is 0 Å². The first-order valence-corrected chi connectivity index (χ1v) is 8.06. The van der Waals surface area contributed by atoms with Gasteiger partial charge in [0.25, 0.3) is 0 Å². The third kappa shape index (κ3) is 3.27. The van der Waals surface area contributed by atoms with E-state index in [-0.39, 0.29) is 0 Å². The number of benzene rings is 2. The zero-order valence-electron chi connectivity index (χ0n) is 13.3. The SMILES string of the molecule is CC([C]1CCC(c2ccc(C#N)cc2)C1)c1cccc(C#N)c1. The Labute approximate surface area is 138 Å². The average molecular weight is 299 g/mol. The Morgan fingerprint density at radius 3 is 2.43 bits per heavy atom. The fraction of sp³-hybridized carbons (Fsp3) is 0.286. The molecule has 0 heterocycles. The number of hydrogen-bond donors (Lipinski definition) is 0. The summed E-state index contributed by atoms with van der Waals surface area (Å²) in [7, 11) is 0. The smallest absolute Gasteiger partial charge is 0.0991 e. The van der Waals surface area contributed by atoms with Gasteiger partial charge in [0, 0.05) is 0 Å². The molecule has 3 rings (SSSR count). The summed E-state index contributed by atoms with van der Waals surface area (Å²) in [5.41, 5.74) is 4.02. The highest BCUT2D eigenvalue weighted by atomic mass is 14.3. The van der Waals surface area contributed by atoms with E-state index in [1.165, 1.54) is 17.5 Å². The second-order valence-electron chi connectivity index (χ2n) is 6.29. The minimum Gasteiger partial charge on any atom is -0.192 e. The molecule has 1 radical (unpaired) electrons. The van der Waals surface area contributed by atoms with Crippen LogP contribution in [0.4, 0.5) is 0 Å². The van der Waals surface area contributed by atoms with Crippen molar-refractivity contribution in [3.63, 3.8) is 0 Å². The molecule has 0 spiro atoms. The molecule has 2 unspecified atom stereocenters. The van der Waals surface area contributed by atoms with E-state index < -0.39 is 0 Å². The summed E-state index contributed by atoms with van der Waals surface area (Å²) in [4.78, 5) is 0. The molecular weight excluding hydrogens is 280 g/mol. The molecule has 0 aliphatic heterocycles. The molecule has 0 saturated heterocycles. The van der Waals surface area contributed by atoms with E-state index >= 15 is 0 Å². The van der Waals surface area contributed by atoms with Gasteiger partial charge in [-0.1, -0.05) is 31.2 Å². The predicted molar refractivity (Wildman–Crippen MR) is 90.6 cm³/mol. The Bertz CT molecular complexity index is 762. The highest BCUT2D eigenvalue weighted by Gasteiger charge is 2.30. The molecule has 1 aliphatic carbocycles. The molecule has 1 saturated carbocycles. The average Bonchev–Trinajstić information content (AvgIpc) is 3.11. The Morgan fingerprint density at radius 1 is 1.00 bits per heavy atom. The van der Waals surface area contributed by atoms with Crippen LogP contribution in [0.5, 0.6) is 0 Å². The Kier molecular flexibility index (Phi) is 4.45. The summed E-state index contributed by atoms with van der Waals surface area (Å²) in [5, 5.41) is 18.0. The maximum Gasteiger partial charge on any atom is 0.0991 e. The summed E-state index contributed by atoms with van der Waals surface area (Å²) in [5.74, 6) is 2.51. The lowest BCUT2D eigenvalue weighted by Crippen LogP contribution is -2.05. The first-order valence-electron chi connectivity index (χ1n) is 8.06. The molecule has 1 fully saturated rings. The number of nitrogens with zero attached hydrogens (tertiary/aromatic N) is 2. The molecule has 2 atom stereocenters. The van der Waals surface area contributed by atoms with Crippen LogP contribution in [0, 0.1) is 28.6 Å². The van der Waals surface area contributed by atoms with Crippen LogP contribution in [0.3, 0.4) is 0 Å². The van der Waals surface area contributed by atoms with Crippen molar-refractivity contribution in [2.45, 2.75) is 38.0 Å². The molecule has 0 N–H and O–H groups in total. The highest BCUT2D eigenvalue weighted by Crippen LogP contribution is 2.46. The van der Waals surface area contributed by atoms with Gasteiger partial charge in [-0.25, -0.2) is 0 Å². The second-order valence-corrected chi connectivity index (χ2v) is 6.29. The van der Waals surface area contributed by atoms with Gasteiger partial charge in [-0.3, -0.25) is 0 Å². The molecule has 23 heavy (non-hydrogen) atoms. The Balaban J connectivity index is 1.71. The van der Waals surface area contributed by atoms with Gasteiger partial charge in [0.2, 0.25) is 0 Å². The van der Waals surface area contributed by atoms with Crippen LogP contribution in [0.25, 0.3) is 0 Å². The minimum absolute atomic E-state index is 0.395. The zero-order valence-corrected chi connectivity index (χ0v) is 13.3. The van der Waals surface area contributed by atoms with E-state index in [9.17, 15) is 0 Å². The van der Waals surface area contributed by atoms with Crippen molar-refractivity contribution in [1.29, 1.82) is 10.5 Å². The van der Waals surface area contributed by atoms with Crippen LogP contribution in [0.2, 0.25) is 0 Å². The van der Waals surface area contributed by atoms with Crippen LogP contribution in [-0.4, -0.2) is 0 Å². The summed E-state index contributed by atoms with van der Waals surface area (Å²) < 4.78 is 0. The van der Waals surface area contributed by atoms with Crippen molar-refractivity contribution < 1.29 is 0 Å². The number of nitriles is 2. The fourth-order valence-corrected chi connectivity index (χ4v) is 3.50. The largest absolute Gasteiger partial charge is 0.192 e. The molecule has 2 aromatic rings. The first-order chi connectivity index (χ1) is 11.2. The monoisotopic (exact) mass is 299 g/mol. The summed E-state index contributed by atoms with van der Waals surface area (Å²) in [6, 6.07) is 20.3. The van der Waals surface area contributed by atoms with Gasteiger partial charge >= 0.3 is 0 Å². The van der Waals surface area contributed by atoms with Gasteiger partial charge in [-0.15, -0.1) is 0 Å². The van der Waals surface area contributed by atoms with Crippen LogP contribution >= 0.6 is 0 Å². The highest BCUT2D eigenvalue weighted by molar-refractivity contribution is 5.38. The molecule has 1 aliphatic rings. The predicted octanol–water partition coefficient (Wildman–Crippen LogP) is 5.08. The lowest BCUT2D eigenvalue weighted by atomic mass is 9.84. The first kappa shape index (κ1) is 15.3. The van der Waals surface area contributed by atoms with E-state index in [0.29, 0.717) is 11.8 Å². The van der Waals surface area contributed by atoms with Crippen molar-refractivity contribution >= 4 is 0 Å². The normalized spacial score (nSPS) is 19.0. The lowest BCUT2D eigenvalue weighted by Gasteiger charge is -2.20. The van der Waals surface area contributed by atoms with Gasteiger partial charge < -0.3 is 0 Å². The molecule has 0 aromatic heterocycles. The van der Waals surface area contributed by atoms with Crippen molar-refractivity contribution in [3.05, 3.63) is 76.7 Å². The summed E-state index contributed by atoms with van der Waals surface area (Å²) in [6.07, 6.45) is 3.41. The van der Waals surface area contributed by atoms with Crippen molar-refractivity contribution in [3.8, 4) is 12.1 Å². The third-order valence-corrected chi connectivity index (χ3v) is 4.96. The summed E-state index contributed by atoms with van der Waals surface area (Å²) >= 11 is 0. The maximum absolute atomic E-state index is 9.06. The van der Waals surface area contributed by atoms with E-state index in [0.717, 1.165) is 24.0 Å². The molecule has 2 aromatic carbocycles. The number of hydrogen-bond acceptors (Lipinski definition) is 2. The van der Waals surface area contributed by atoms with Gasteiger partial charge in [-0.2, -0.15) is 10.5 Å². The second kappa shape index (κ2) is 6.67. The van der Waals surface area contributed by atoms with Gasteiger partial charge in [0.15, 0.2) is 0 Å². The van der Waals surface area contributed by atoms with Gasteiger partial charge in [-0.05, 0) is 72.4 Å². The molecule has 2 heteroatoms. The maximum atomic E-state index is 9.06. The quantitative estimate of drug-likeness (QED) is 0.793. The van der Waals surface area contributed by atoms with Crippen molar-refractivity contribution in [2.24, 2.45) is 0 Å². The minimum atomic E-state index is 0.395. The van der Waals surface area contributed by atoms with Crippen LogP contribution in [0.15, 0.2) is 48.5 Å². The van der Waals surface area contributed by atoms with Gasteiger partial charge in [0.1, 0.15) is 0 Å². The fourth-order valence-electron chi connectivity index (χ4n) is 3.50. The number of rotatable bonds is 3. The summed E-state index contributed by atoms with van der Waals surface area (Å²) in [6.45, 7) is 2.24. The van der Waals surface area contributed by atoms with E-state index in [1.54, 1.807) is 5.92 Å². The molecule has 0 bridgehead atoms. The van der Waals surface area contributed by atoms with E-state index in [4.69, 9.17) is 10.5 Å². The van der Waals surface area contributed by atoms with Crippen LogP contribution < -0.4 is 0 Å². The standard InChI is InChI=1S/C21H19N2/c1-15(19-4-2-3-17(11-19)14-23)20-9-10-21(12-20)18-7-5-16(13-22)6-8-18/h2-8,11,15,21H,9-10,12H2,1H3. The van der Waals surface area contributed by atoms with E-state index in [1.807, 2.05) is 30.3 Å².